The minimum Gasteiger partial charge on any atom is -0.320 e. The van der Waals surface area contributed by atoms with Crippen molar-refractivity contribution in [2.75, 3.05) is 0 Å². The lowest BCUT2D eigenvalue weighted by Crippen LogP contribution is -2.44. The van der Waals surface area contributed by atoms with Crippen molar-refractivity contribution < 1.29 is 9.63 Å². The number of carbonyl (C=O) groups is 1. The van der Waals surface area contributed by atoms with Crippen LogP contribution in [0.2, 0.25) is 0 Å². The molecule has 1 aromatic rings. The number of nitrogens with two attached hydrogens (primary N) is 1. The van der Waals surface area contributed by atoms with Crippen molar-refractivity contribution in [3.63, 3.8) is 0 Å². The van der Waals surface area contributed by atoms with E-state index >= 15 is 0 Å². The van der Waals surface area contributed by atoms with Crippen LogP contribution in [0, 0.1) is 5.92 Å². The minimum atomic E-state index is -0.518. The molecule has 4 heteroatoms. The van der Waals surface area contributed by atoms with Crippen LogP contribution in [0.3, 0.4) is 0 Å². The predicted molar refractivity (Wildman–Crippen MR) is 66.8 cm³/mol. The summed E-state index contributed by atoms with van der Waals surface area (Å²) in [5.41, 5.74) is 9.15. The summed E-state index contributed by atoms with van der Waals surface area (Å²) in [6.07, 6.45) is 0.868. The van der Waals surface area contributed by atoms with Gasteiger partial charge in [0, 0.05) is 0 Å². The average molecular weight is 236 g/mol. The molecule has 0 bridgehead atoms. The molecule has 1 rings (SSSR count). The lowest BCUT2D eigenvalue weighted by atomic mass is 10.00. The van der Waals surface area contributed by atoms with Crippen molar-refractivity contribution in [2.24, 2.45) is 11.7 Å². The zero-order chi connectivity index (χ0) is 12.7. The van der Waals surface area contributed by atoms with Crippen LogP contribution in [-0.2, 0) is 16.2 Å². The van der Waals surface area contributed by atoms with E-state index in [2.05, 4.69) is 5.48 Å². The fraction of sp³-hybridized carbons (Fsp3) is 0.462. The Morgan fingerprint density at radius 2 is 2.06 bits per heavy atom. The van der Waals surface area contributed by atoms with Crippen molar-refractivity contribution in [1.29, 1.82) is 0 Å². The van der Waals surface area contributed by atoms with Gasteiger partial charge in [-0.1, -0.05) is 50.6 Å². The van der Waals surface area contributed by atoms with Crippen LogP contribution in [0.5, 0.6) is 0 Å². The largest absolute Gasteiger partial charge is 0.320 e. The van der Waals surface area contributed by atoms with E-state index in [1.54, 1.807) is 0 Å². The number of rotatable bonds is 6. The fourth-order valence-corrected chi connectivity index (χ4v) is 1.35. The van der Waals surface area contributed by atoms with Gasteiger partial charge in [0.25, 0.3) is 5.91 Å². The summed E-state index contributed by atoms with van der Waals surface area (Å²) in [5.74, 6) is -0.120. The zero-order valence-corrected chi connectivity index (χ0v) is 10.3. The third kappa shape index (κ3) is 4.54. The molecule has 0 heterocycles. The van der Waals surface area contributed by atoms with E-state index in [1.165, 1.54) is 0 Å². The van der Waals surface area contributed by atoms with Crippen LogP contribution in [0.4, 0.5) is 0 Å². The third-order valence-electron chi connectivity index (χ3n) is 2.81. The van der Waals surface area contributed by atoms with Gasteiger partial charge in [-0.2, -0.15) is 0 Å². The number of carbonyl (C=O) groups excluding carboxylic acids is 1. The third-order valence-corrected chi connectivity index (χ3v) is 2.81. The Bertz CT molecular complexity index is 341. The van der Waals surface area contributed by atoms with Gasteiger partial charge in [-0.25, -0.2) is 5.48 Å². The number of hydrogen-bond acceptors (Lipinski definition) is 3. The summed E-state index contributed by atoms with van der Waals surface area (Å²) < 4.78 is 0. The van der Waals surface area contributed by atoms with Gasteiger partial charge in [-0.05, 0) is 11.5 Å². The van der Waals surface area contributed by atoms with E-state index < -0.39 is 6.04 Å². The molecule has 2 unspecified atom stereocenters. The Balaban J connectivity index is 2.29. The number of nitrogens with one attached hydrogen (secondary N) is 1. The zero-order valence-electron chi connectivity index (χ0n) is 10.3. The minimum absolute atomic E-state index is 0.148. The van der Waals surface area contributed by atoms with Gasteiger partial charge in [-0.15, -0.1) is 0 Å². The summed E-state index contributed by atoms with van der Waals surface area (Å²) in [5, 5.41) is 0. The molecule has 1 aromatic carbocycles. The highest BCUT2D eigenvalue weighted by atomic mass is 16.6. The molecule has 0 radical (unpaired) electrons. The lowest BCUT2D eigenvalue weighted by Gasteiger charge is -2.17. The van der Waals surface area contributed by atoms with Crippen LogP contribution < -0.4 is 11.2 Å². The molecule has 2 atom stereocenters. The molecule has 0 saturated carbocycles. The van der Waals surface area contributed by atoms with Gasteiger partial charge in [-0.3, -0.25) is 9.63 Å². The van der Waals surface area contributed by atoms with Crippen molar-refractivity contribution in [2.45, 2.75) is 32.9 Å². The fourth-order valence-electron chi connectivity index (χ4n) is 1.35. The van der Waals surface area contributed by atoms with Crippen LogP contribution in [-0.4, -0.2) is 11.9 Å². The molecule has 1 amide bonds. The second-order valence-electron chi connectivity index (χ2n) is 4.15. The molecular weight excluding hydrogens is 216 g/mol. The summed E-state index contributed by atoms with van der Waals surface area (Å²) in [6, 6.07) is 9.12. The standard InChI is InChI=1S/C13H20N2O2/c1-3-10(2)12(14)13(16)15-17-9-11-7-5-4-6-8-11/h4-8,10,12H,3,9,14H2,1-2H3,(H,15,16). The van der Waals surface area contributed by atoms with E-state index in [4.69, 9.17) is 10.6 Å². The van der Waals surface area contributed by atoms with Gasteiger partial charge in [0.1, 0.15) is 0 Å². The average Bonchev–Trinajstić information content (AvgIpc) is 2.38. The highest BCUT2D eigenvalue weighted by molar-refractivity contribution is 5.80. The molecule has 0 aliphatic carbocycles. The van der Waals surface area contributed by atoms with E-state index in [0.29, 0.717) is 6.61 Å². The first-order valence-corrected chi connectivity index (χ1v) is 5.86. The van der Waals surface area contributed by atoms with Crippen LogP contribution >= 0.6 is 0 Å². The lowest BCUT2D eigenvalue weighted by molar-refractivity contribution is -0.137. The molecule has 0 aliphatic rings. The molecule has 94 valence electrons. The normalized spacial score (nSPS) is 14.1. The van der Waals surface area contributed by atoms with E-state index in [9.17, 15) is 4.79 Å². The van der Waals surface area contributed by atoms with Crippen molar-refractivity contribution in [3.8, 4) is 0 Å². The maximum absolute atomic E-state index is 11.6. The summed E-state index contributed by atoms with van der Waals surface area (Å²) in [6.45, 7) is 4.30. The monoisotopic (exact) mass is 236 g/mol. The SMILES string of the molecule is CCC(C)C(N)C(=O)NOCc1ccccc1. The first-order chi connectivity index (χ1) is 8.15. The van der Waals surface area contributed by atoms with Crippen molar-refractivity contribution in [1.82, 2.24) is 5.48 Å². The van der Waals surface area contributed by atoms with Gasteiger partial charge in [0.05, 0.1) is 12.6 Å². The Hall–Kier alpha value is -1.39. The number of hydroxylamine groups is 1. The molecule has 4 nitrogen and oxygen atoms in total. The molecule has 0 aromatic heterocycles. The number of hydrogen-bond donors (Lipinski definition) is 2. The molecule has 0 fully saturated rings. The van der Waals surface area contributed by atoms with E-state index in [-0.39, 0.29) is 11.8 Å². The van der Waals surface area contributed by atoms with Crippen molar-refractivity contribution in [3.05, 3.63) is 35.9 Å². The summed E-state index contributed by atoms with van der Waals surface area (Å²) in [7, 11) is 0. The van der Waals surface area contributed by atoms with Crippen LogP contribution in [0.25, 0.3) is 0 Å². The summed E-state index contributed by atoms with van der Waals surface area (Å²) >= 11 is 0. The van der Waals surface area contributed by atoms with Gasteiger partial charge in [0.15, 0.2) is 0 Å². The Morgan fingerprint density at radius 3 is 2.65 bits per heavy atom. The Morgan fingerprint density at radius 1 is 1.41 bits per heavy atom. The number of amides is 1. The molecule has 17 heavy (non-hydrogen) atoms. The highest BCUT2D eigenvalue weighted by Crippen LogP contribution is 2.05. The maximum Gasteiger partial charge on any atom is 0.260 e. The van der Waals surface area contributed by atoms with Crippen molar-refractivity contribution >= 4 is 5.91 Å². The molecule has 0 aliphatic heterocycles. The van der Waals surface area contributed by atoms with E-state index in [0.717, 1.165) is 12.0 Å². The second kappa shape index (κ2) is 7.04. The predicted octanol–water partition coefficient (Wildman–Crippen LogP) is 1.61. The van der Waals surface area contributed by atoms with Crippen LogP contribution in [0.1, 0.15) is 25.8 Å². The first kappa shape index (κ1) is 13.7. The Labute approximate surface area is 102 Å². The number of benzene rings is 1. The van der Waals surface area contributed by atoms with Gasteiger partial charge in [0.2, 0.25) is 0 Å². The van der Waals surface area contributed by atoms with Gasteiger partial charge >= 0.3 is 0 Å². The van der Waals surface area contributed by atoms with Gasteiger partial charge < -0.3 is 5.73 Å². The second-order valence-corrected chi connectivity index (χ2v) is 4.15. The van der Waals surface area contributed by atoms with Crippen LogP contribution in [0.15, 0.2) is 30.3 Å². The summed E-state index contributed by atoms with van der Waals surface area (Å²) in [4.78, 5) is 16.7. The highest BCUT2D eigenvalue weighted by Gasteiger charge is 2.19. The Kier molecular flexibility index (Phi) is 5.66. The quantitative estimate of drug-likeness (QED) is 0.737. The van der Waals surface area contributed by atoms with E-state index in [1.807, 2.05) is 44.2 Å². The molecular formula is C13H20N2O2. The smallest absolute Gasteiger partial charge is 0.260 e. The molecule has 0 spiro atoms. The maximum atomic E-state index is 11.6. The topological polar surface area (TPSA) is 64.4 Å². The molecule has 0 saturated heterocycles. The molecule has 3 N–H and O–H groups in total. The first-order valence-electron chi connectivity index (χ1n) is 5.86.